The molecule has 2 aliphatic rings. The summed E-state index contributed by atoms with van der Waals surface area (Å²) < 4.78 is 59.0. The first-order valence-electron chi connectivity index (χ1n) is 9.22. The maximum atomic E-state index is 8.60. The molecule has 1 aromatic rings. The highest BCUT2D eigenvalue weighted by Gasteiger charge is 2.52. The van der Waals surface area contributed by atoms with Crippen LogP contribution in [-0.2, 0) is 14.0 Å². The lowest BCUT2D eigenvalue weighted by Gasteiger charge is -2.32. The molecule has 6 heteroatoms. The minimum Gasteiger partial charge on any atom is -0.399 e. The predicted octanol–water partition coefficient (Wildman–Crippen LogP) is 1.53. The van der Waals surface area contributed by atoms with Gasteiger partial charge in [-0.2, -0.15) is 5.10 Å². The molecule has 20 heavy (non-hydrogen) atoms. The van der Waals surface area contributed by atoms with Gasteiger partial charge in [0.2, 0.25) is 0 Å². The van der Waals surface area contributed by atoms with Gasteiger partial charge in [-0.25, -0.2) is 0 Å². The second-order valence-electron chi connectivity index (χ2n) is 6.00. The van der Waals surface area contributed by atoms with E-state index in [0.717, 1.165) is 4.68 Å². The van der Waals surface area contributed by atoms with Gasteiger partial charge < -0.3 is 14.0 Å². The van der Waals surface area contributed by atoms with Crippen LogP contribution in [0.3, 0.4) is 0 Å². The van der Waals surface area contributed by atoms with Crippen LogP contribution in [0, 0.1) is 0 Å². The molecule has 2 aliphatic heterocycles. The molecule has 0 saturated carbocycles. The van der Waals surface area contributed by atoms with Gasteiger partial charge in [-0.05, 0) is 40.4 Å². The standard InChI is InChI=1S/C14H23BN2O3/c1-13(2)14(3,4)20-15(19-13)11-9-16-17(10-11)12-5-7-18-8-6-12/h9-10,12H,5-8H2,1-4H3/i5D2,6D2,12D. The molecule has 0 atom stereocenters. The average Bonchev–Trinajstić information content (AvgIpc) is 2.99. The highest BCUT2D eigenvalue weighted by atomic mass is 16.7. The Morgan fingerprint density at radius 2 is 1.90 bits per heavy atom. The van der Waals surface area contributed by atoms with E-state index in [9.17, 15) is 0 Å². The molecular weight excluding hydrogens is 255 g/mol. The summed E-state index contributed by atoms with van der Waals surface area (Å²) in [6.07, 6.45) is -1.65. The molecule has 2 fully saturated rings. The topological polar surface area (TPSA) is 45.5 Å². The zero-order valence-corrected chi connectivity index (χ0v) is 12.3. The van der Waals surface area contributed by atoms with Crippen LogP contribution in [0.15, 0.2) is 12.4 Å². The third kappa shape index (κ3) is 2.40. The maximum Gasteiger partial charge on any atom is 0.498 e. The molecule has 1 aromatic heterocycles. The lowest BCUT2D eigenvalue weighted by molar-refractivity contribution is 0.00578. The van der Waals surface area contributed by atoms with Crippen molar-refractivity contribution in [3.8, 4) is 0 Å². The summed E-state index contributed by atoms with van der Waals surface area (Å²) in [5.41, 5.74) is -0.566. The average molecular weight is 283 g/mol. The molecule has 0 amide bonds. The van der Waals surface area contributed by atoms with Crippen molar-refractivity contribution in [1.29, 1.82) is 0 Å². The molecule has 0 spiro atoms. The molecule has 0 aromatic carbocycles. The Bertz CT molecular complexity index is 647. The lowest BCUT2D eigenvalue weighted by Crippen LogP contribution is -2.41. The van der Waals surface area contributed by atoms with Gasteiger partial charge in [0.25, 0.3) is 0 Å². The van der Waals surface area contributed by atoms with Crippen molar-refractivity contribution in [2.45, 2.75) is 57.7 Å². The Labute approximate surface area is 127 Å². The predicted molar refractivity (Wildman–Crippen MR) is 77.0 cm³/mol. The van der Waals surface area contributed by atoms with Crippen LogP contribution in [0.5, 0.6) is 0 Å². The summed E-state index contributed by atoms with van der Waals surface area (Å²) in [6, 6.07) is -2.26. The quantitative estimate of drug-likeness (QED) is 0.772. The van der Waals surface area contributed by atoms with Gasteiger partial charge in [0.15, 0.2) is 0 Å². The van der Waals surface area contributed by atoms with Crippen LogP contribution < -0.4 is 5.46 Å². The molecular formula is C14H23BN2O3. The normalized spacial score (nSPS) is 36.4. The minimum atomic E-state index is -2.26. The second-order valence-corrected chi connectivity index (χ2v) is 6.00. The van der Waals surface area contributed by atoms with Crippen molar-refractivity contribution in [1.82, 2.24) is 9.78 Å². The Balaban J connectivity index is 1.96. The summed E-state index contributed by atoms with van der Waals surface area (Å²) in [6.45, 7) is 6.92. The van der Waals surface area contributed by atoms with E-state index in [2.05, 4.69) is 5.10 Å². The highest BCUT2D eigenvalue weighted by Crippen LogP contribution is 2.36. The lowest BCUT2D eigenvalue weighted by atomic mass is 9.82. The van der Waals surface area contributed by atoms with Crippen molar-refractivity contribution in [3.63, 3.8) is 0 Å². The first-order chi connectivity index (χ1) is 11.2. The Morgan fingerprint density at radius 3 is 2.50 bits per heavy atom. The molecule has 0 unspecified atom stereocenters. The van der Waals surface area contributed by atoms with Gasteiger partial charge in [0, 0.05) is 36.6 Å². The zero-order chi connectivity index (χ0) is 18.9. The van der Waals surface area contributed by atoms with E-state index in [1.165, 1.54) is 12.4 Å². The third-order valence-corrected chi connectivity index (χ3v) is 4.04. The number of hydrogen-bond acceptors (Lipinski definition) is 4. The molecule has 3 rings (SSSR count). The minimum absolute atomic E-state index is 0.373. The number of hydrogen-bond donors (Lipinski definition) is 0. The van der Waals surface area contributed by atoms with Gasteiger partial charge in [-0.15, -0.1) is 0 Å². The molecule has 110 valence electrons. The monoisotopic (exact) mass is 283 g/mol. The van der Waals surface area contributed by atoms with Crippen molar-refractivity contribution in [2.75, 3.05) is 13.2 Å². The van der Waals surface area contributed by atoms with Crippen LogP contribution in [0.4, 0.5) is 0 Å². The first-order valence-corrected chi connectivity index (χ1v) is 6.72. The molecule has 0 radical (unpaired) electrons. The van der Waals surface area contributed by atoms with E-state index >= 15 is 0 Å². The molecule has 2 saturated heterocycles. The molecule has 5 nitrogen and oxygen atoms in total. The highest BCUT2D eigenvalue weighted by molar-refractivity contribution is 6.61. The Hall–Kier alpha value is -0.845. The number of ether oxygens (including phenoxy) is 1. The second kappa shape index (κ2) is 4.86. The fraction of sp³-hybridized carbons (Fsp3) is 0.786. The van der Waals surface area contributed by atoms with Gasteiger partial charge in [-0.1, -0.05) is 0 Å². The molecule has 0 aliphatic carbocycles. The Morgan fingerprint density at radius 1 is 1.30 bits per heavy atom. The van der Waals surface area contributed by atoms with E-state index in [0.29, 0.717) is 5.46 Å². The summed E-state index contributed by atoms with van der Waals surface area (Å²) in [5.74, 6) is 0. The van der Waals surface area contributed by atoms with Gasteiger partial charge in [-0.3, -0.25) is 4.68 Å². The van der Waals surface area contributed by atoms with Gasteiger partial charge in [0.1, 0.15) is 0 Å². The first kappa shape index (κ1) is 9.23. The van der Waals surface area contributed by atoms with Crippen molar-refractivity contribution >= 4 is 12.6 Å². The van der Waals surface area contributed by atoms with E-state index in [-0.39, 0.29) is 13.2 Å². The fourth-order valence-electron chi connectivity index (χ4n) is 2.07. The van der Waals surface area contributed by atoms with Crippen molar-refractivity contribution in [3.05, 3.63) is 12.4 Å². The van der Waals surface area contributed by atoms with Crippen LogP contribution in [0.2, 0.25) is 0 Å². The summed E-state index contributed by atoms with van der Waals surface area (Å²) in [4.78, 5) is 0. The van der Waals surface area contributed by atoms with E-state index in [1.54, 1.807) is 0 Å². The van der Waals surface area contributed by atoms with Crippen LogP contribution in [-0.4, -0.2) is 41.3 Å². The van der Waals surface area contributed by atoms with Crippen molar-refractivity contribution in [2.24, 2.45) is 0 Å². The van der Waals surface area contributed by atoms with E-state index in [1.807, 2.05) is 27.7 Å². The van der Waals surface area contributed by atoms with Gasteiger partial charge in [0.05, 0.1) is 18.6 Å². The van der Waals surface area contributed by atoms with Crippen LogP contribution >= 0.6 is 0 Å². The van der Waals surface area contributed by atoms with Crippen LogP contribution in [0.1, 0.15) is 53.3 Å². The summed E-state index contributed by atoms with van der Waals surface area (Å²) >= 11 is 0. The number of nitrogens with zero attached hydrogens (tertiary/aromatic N) is 2. The maximum absolute atomic E-state index is 8.60. The summed E-state index contributed by atoms with van der Waals surface area (Å²) in [5, 5.41) is 4.08. The molecule has 0 bridgehead atoms. The van der Waals surface area contributed by atoms with E-state index in [4.69, 9.17) is 20.9 Å². The number of aromatic nitrogens is 2. The van der Waals surface area contributed by atoms with Crippen molar-refractivity contribution < 1.29 is 20.9 Å². The Kier molecular flexibility index (Phi) is 2.24. The molecule has 0 N–H and O–H groups in total. The van der Waals surface area contributed by atoms with E-state index < -0.39 is 37.1 Å². The van der Waals surface area contributed by atoms with Gasteiger partial charge >= 0.3 is 7.12 Å². The summed E-state index contributed by atoms with van der Waals surface area (Å²) in [7, 11) is -0.709. The zero-order valence-electron chi connectivity index (χ0n) is 17.3. The van der Waals surface area contributed by atoms with Crippen LogP contribution in [0.25, 0.3) is 0 Å². The fourth-order valence-corrected chi connectivity index (χ4v) is 2.07. The SMILES string of the molecule is [2H]C1([2H])COCC([2H])([2H])C1([2H])n1cc(B2OC(C)(C)C(C)(C)O2)cn1. The third-order valence-electron chi connectivity index (χ3n) is 4.04. The molecule has 3 heterocycles. The number of rotatable bonds is 2. The largest absolute Gasteiger partial charge is 0.498 e. The smallest absolute Gasteiger partial charge is 0.399 e.